The molecule has 0 aromatic heterocycles. The average Bonchev–Trinajstić information content (AvgIpc) is 2.45. The lowest BCUT2D eigenvalue weighted by Crippen LogP contribution is -2.36. The summed E-state index contributed by atoms with van der Waals surface area (Å²) in [5.41, 5.74) is 0.578. The number of hydrogen-bond acceptors (Lipinski definition) is 2. The average molecular weight is 221 g/mol. The van der Waals surface area contributed by atoms with Crippen molar-refractivity contribution >= 4 is 11.8 Å². The number of imide groups is 1. The zero-order valence-electron chi connectivity index (χ0n) is 10.0. The molecule has 1 aliphatic heterocycles. The minimum Gasteiger partial charge on any atom is -0.275 e. The van der Waals surface area contributed by atoms with Crippen molar-refractivity contribution in [2.24, 2.45) is 11.8 Å². The monoisotopic (exact) mass is 221 g/mol. The first kappa shape index (κ1) is 11.4. The van der Waals surface area contributed by atoms with Gasteiger partial charge in [-0.1, -0.05) is 19.8 Å². The number of hydrogen-bond donors (Lipinski definition) is 0. The molecule has 2 aliphatic rings. The summed E-state index contributed by atoms with van der Waals surface area (Å²) < 4.78 is 0. The van der Waals surface area contributed by atoms with E-state index in [4.69, 9.17) is 0 Å². The maximum absolute atomic E-state index is 11.7. The highest BCUT2D eigenvalue weighted by Crippen LogP contribution is 2.30. The van der Waals surface area contributed by atoms with Gasteiger partial charge in [-0.05, 0) is 31.6 Å². The van der Waals surface area contributed by atoms with E-state index in [1.165, 1.54) is 23.8 Å². The van der Waals surface area contributed by atoms with Gasteiger partial charge >= 0.3 is 0 Å². The molecule has 16 heavy (non-hydrogen) atoms. The molecular formula is C13H19NO2. The summed E-state index contributed by atoms with van der Waals surface area (Å²) in [6.07, 6.45) is 6.27. The Bertz CT molecular complexity index is 346. The molecule has 2 amide bonds. The van der Waals surface area contributed by atoms with Gasteiger partial charge in [-0.3, -0.25) is 14.5 Å². The van der Waals surface area contributed by atoms with Crippen LogP contribution in [0.25, 0.3) is 0 Å². The molecule has 0 saturated heterocycles. The third-order valence-electron chi connectivity index (χ3n) is 3.67. The van der Waals surface area contributed by atoms with Crippen molar-refractivity contribution in [3.8, 4) is 0 Å². The predicted octanol–water partition coefficient (Wildman–Crippen LogP) is 2.13. The Morgan fingerprint density at radius 1 is 1.38 bits per heavy atom. The van der Waals surface area contributed by atoms with Crippen molar-refractivity contribution in [3.63, 3.8) is 0 Å². The van der Waals surface area contributed by atoms with E-state index < -0.39 is 0 Å². The van der Waals surface area contributed by atoms with Crippen LogP contribution in [0.2, 0.25) is 0 Å². The molecule has 3 heteroatoms. The van der Waals surface area contributed by atoms with Gasteiger partial charge in [0.25, 0.3) is 11.8 Å². The summed E-state index contributed by atoms with van der Waals surface area (Å²) in [6, 6.07) is 0. The van der Waals surface area contributed by atoms with E-state index in [1.807, 2.05) is 0 Å². The van der Waals surface area contributed by atoms with Crippen molar-refractivity contribution in [1.29, 1.82) is 0 Å². The fourth-order valence-corrected chi connectivity index (χ4v) is 2.79. The lowest BCUT2D eigenvalue weighted by atomic mass is 9.82. The van der Waals surface area contributed by atoms with E-state index in [0.717, 1.165) is 18.8 Å². The summed E-state index contributed by atoms with van der Waals surface area (Å²) >= 11 is 0. The molecule has 0 N–H and O–H groups in total. The molecule has 3 nitrogen and oxygen atoms in total. The Kier molecular flexibility index (Phi) is 3.13. The molecule has 2 rings (SSSR count). The van der Waals surface area contributed by atoms with Gasteiger partial charge in [0.2, 0.25) is 0 Å². The van der Waals surface area contributed by atoms with Crippen LogP contribution in [0.4, 0.5) is 0 Å². The fourth-order valence-electron chi connectivity index (χ4n) is 2.79. The molecule has 1 saturated carbocycles. The van der Waals surface area contributed by atoms with Crippen molar-refractivity contribution in [3.05, 3.63) is 11.6 Å². The Labute approximate surface area is 96.5 Å². The number of rotatable bonds is 2. The van der Waals surface area contributed by atoms with Crippen LogP contribution in [0.15, 0.2) is 11.6 Å². The fraction of sp³-hybridized carbons (Fsp3) is 0.692. The SMILES string of the molecule is CC1=CC(=O)N(CC2CCCC(C)C2)C1=O. The van der Waals surface area contributed by atoms with E-state index in [0.29, 0.717) is 18.0 Å². The topological polar surface area (TPSA) is 37.4 Å². The largest absolute Gasteiger partial charge is 0.275 e. The van der Waals surface area contributed by atoms with E-state index in [1.54, 1.807) is 6.92 Å². The molecule has 2 atom stereocenters. The second kappa shape index (κ2) is 4.40. The van der Waals surface area contributed by atoms with Gasteiger partial charge in [-0.25, -0.2) is 0 Å². The first-order chi connectivity index (χ1) is 7.58. The second-order valence-electron chi connectivity index (χ2n) is 5.22. The first-order valence-electron chi connectivity index (χ1n) is 6.12. The third kappa shape index (κ3) is 2.18. The van der Waals surface area contributed by atoms with Gasteiger partial charge in [0.1, 0.15) is 0 Å². The minimum absolute atomic E-state index is 0.0942. The van der Waals surface area contributed by atoms with E-state index in [-0.39, 0.29) is 11.8 Å². The van der Waals surface area contributed by atoms with Gasteiger partial charge in [-0.2, -0.15) is 0 Å². The van der Waals surface area contributed by atoms with Crippen LogP contribution >= 0.6 is 0 Å². The summed E-state index contributed by atoms with van der Waals surface area (Å²) in [5.74, 6) is 1.03. The van der Waals surface area contributed by atoms with E-state index in [2.05, 4.69) is 6.92 Å². The molecular weight excluding hydrogens is 202 g/mol. The maximum atomic E-state index is 11.7. The Hall–Kier alpha value is -1.12. The Morgan fingerprint density at radius 3 is 2.69 bits per heavy atom. The van der Waals surface area contributed by atoms with Crippen LogP contribution in [-0.4, -0.2) is 23.3 Å². The molecule has 88 valence electrons. The summed E-state index contributed by atoms with van der Waals surface area (Å²) in [5, 5.41) is 0. The van der Waals surface area contributed by atoms with Gasteiger partial charge in [0.05, 0.1) is 0 Å². The second-order valence-corrected chi connectivity index (χ2v) is 5.22. The van der Waals surface area contributed by atoms with Gasteiger partial charge in [0, 0.05) is 18.2 Å². The molecule has 0 radical (unpaired) electrons. The summed E-state index contributed by atoms with van der Waals surface area (Å²) in [7, 11) is 0. The normalized spacial score (nSPS) is 30.9. The molecule has 0 bridgehead atoms. The van der Waals surface area contributed by atoms with Crippen LogP contribution in [-0.2, 0) is 9.59 Å². The molecule has 1 aliphatic carbocycles. The van der Waals surface area contributed by atoms with E-state index in [9.17, 15) is 9.59 Å². The maximum Gasteiger partial charge on any atom is 0.256 e. The van der Waals surface area contributed by atoms with Crippen LogP contribution in [0, 0.1) is 11.8 Å². The highest BCUT2D eigenvalue weighted by Gasteiger charge is 2.31. The lowest BCUT2D eigenvalue weighted by Gasteiger charge is -2.29. The molecule has 1 fully saturated rings. The van der Waals surface area contributed by atoms with Gasteiger partial charge in [0.15, 0.2) is 0 Å². The Morgan fingerprint density at radius 2 is 2.12 bits per heavy atom. The van der Waals surface area contributed by atoms with Crippen LogP contribution < -0.4 is 0 Å². The zero-order chi connectivity index (χ0) is 11.7. The number of nitrogens with zero attached hydrogens (tertiary/aromatic N) is 1. The predicted molar refractivity (Wildman–Crippen MR) is 61.6 cm³/mol. The molecule has 1 heterocycles. The highest BCUT2D eigenvalue weighted by atomic mass is 16.2. The summed E-state index contributed by atoms with van der Waals surface area (Å²) in [4.78, 5) is 24.7. The third-order valence-corrected chi connectivity index (χ3v) is 3.67. The quantitative estimate of drug-likeness (QED) is 0.670. The standard InChI is InChI=1S/C13H19NO2/c1-9-4-3-5-11(6-9)8-14-12(15)7-10(2)13(14)16/h7,9,11H,3-6,8H2,1-2H3. The highest BCUT2D eigenvalue weighted by molar-refractivity contribution is 6.15. The lowest BCUT2D eigenvalue weighted by molar-refractivity contribution is -0.138. The molecule has 2 unspecified atom stereocenters. The van der Waals surface area contributed by atoms with Crippen molar-refractivity contribution < 1.29 is 9.59 Å². The Balaban J connectivity index is 1.95. The number of carbonyl (C=O) groups is 2. The minimum atomic E-state index is -0.124. The van der Waals surface area contributed by atoms with Crippen LogP contribution in [0.5, 0.6) is 0 Å². The summed E-state index contributed by atoms with van der Waals surface area (Å²) in [6.45, 7) is 4.59. The van der Waals surface area contributed by atoms with Crippen molar-refractivity contribution in [2.45, 2.75) is 39.5 Å². The zero-order valence-corrected chi connectivity index (χ0v) is 10.0. The van der Waals surface area contributed by atoms with E-state index >= 15 is 0 Å². The molecule has 0 aromatic carbocycles. The first-order valence-corrected chi connectivity index (χ1v) is 6.12. The van der Waals surface area contributed by atoms with Crippen LogP contribution in [0.3, 0.4) is 0 Å². The number of carbonyl (C=O) groups excluding carboxylic acids is 2. The smallest absolute Gasteiger partial charge is 0.256 e. The van der Waals surface area contributed by atoms with Gasteiger partial charge in [-0.15, -0.1) is 0 Å². The van der Waals surface area contributed by atoms with Crippen LogP contribution in [0.1, 0.15) is 39.5 Å². The van der Waals surface area contributed by atoms with Crippen molar-refractivity contribution in [2.75, 3.05) is 6.54 Å². The molecule has 0 spiro atoms. The van der Waals surface area contributed by atoms with Crippen molar-refractivity contribution in [1.82, 2.24) is 4.90 Å². The molecule has 0 aromatic rings. The van der Waals surface area contributed by atoms with Gasteiger partial charge < -0.3 is 0 Å². The number of amides is 2.